The van der Waals surface area contributed by atoms with Crippen LogP contribution in [0.3, 0.4) is 0 Å². The SMILES string of the molecule is O=C(O)C1=NCCN1c1ccccc1. The van der Waals surface area contributed by atoms with E-state index in [-0.39, 0.29) is 5.84 Å². The molecule has 1 aliphatic heterocycles. The Hall–Kier alpha value is -1.84. The molecule has 4 heteroatoms. The van der Waals surface area contributed by atoms with Gasteiger partial charge in [-0.15, -0.1) is 0 Å². The summed E-state index contributed by atoms with van der Waals surface area (Å²) in [6.45, 7) is 1.20. The van der Waals surface area contributed by atoms with E-state index in [0.717, 1.165) is 5.69 Å². The number of carboxylic acid groups (broad SMARTS) is 1. The molecule has 4 nitrogen and oxygen atoms in total. The van der Waals surface area contributed by atoms with Gasteiger partial charge in [0.15, 0.2) is 0 Å². The van der Waals surface area contributed by atoms with Gasteiger partial charge in [0.05, 0.1) is 6.54 Å². The van der Waals surface area contributed by atoms with Crippen molar-refractivity contribution in [1.82, 2.24) is 0 Å². The van der Waals surface area contributed by atoms with Gasteiger partial charge in [-0.1, -0.05) is 18.2 Å². The first-order valence-corrected chi connectivity index (χ1v) is 4.39. The largest absolute Gasteiger partial charge is 0.475 e. The molecule has 0 spiro atoms. The number of benzene rings is 1. The number of rotatable bonds is 2. The number of carboxylic acids is 1. The van der Waals surface area contributed by atoms with Gasteiger partial charge in [0, 0.05) is 12.2 Å². The van der Waals surface area contributed by atoms with E-state index in [1.807, 2.05) is 30.3 Å². The van der Waals surface area contributed by atoms with E-state index in [4.69, 9.17) is 5.11 Å². The molecule has 0 saturated heterocycles. The molecular formula is C10H10N2O2. The second-order valence-corrected chi connectivity index (χ2v) is 3.00. The Morgan fingerprint density at radius 3 is 2.71 bits per heavy atom. The summed E-state index contributed by atoms with van der Waals surface area (Å²) < 4.78 is 0. The molecule has 1 heterocycles. The first kappa shape index (κ1) is 8.74. The van der Waals surface area contributed by atoms with E-state index < -0.39 is 5.97 Å². The first-order valence-electron chi connectivity index (χ1n) is 4.39. The molecule has 14 heavy (non-hydrogen) atoms. The average molecular weight is 190 g/mol. The molecule has 1 N–H and O–H groups in total. The van der Waals surface area contributed by atoms with Gasteiger partial charge < -0.3 is 10.0 Å². The molecule has 0 aliphatic carbocycles. The number of aliphatic carboxylic acids is 1. The minimum Gasteiger partial charge on any atom is -0.475 e. The van der Waals surface area contributed by atoms with Crippen LogP contribution in [0.15, 0.2) is 35.3 Å². The molecule has 72 valence electrons. The van der Waals surface area contributed by atoms with Crippen LogP contribution in [0.4, 0.5) is 5.69 Å². The van der Waals surface area contributed by atoms with Crippen LogP contribution in [-0.2, 0) is 4.79 Å². The number of carbonyl (C=O) groups is 1. The van der Waals surface area contributed by atoms with Crippen molar-refractivity contribution >= 4 is 17.5 Å². The highest BCUT2D eigenvalue weighted by Gasteiger charge is 2.23. The van der Waals surface area contributed by atoms with E-state index in [1.54, 1.807) is 4.90 Å². The summed E-state index contributed by atoms with van der Waals surface area (Å²) in [5.41, 5.74) is 0.881. The van der Waals surface area contributed by atoms with Crippen LogP contribution in [0.2, 0.25) is 0 Å². The first-order chi connectivity index (χ1) is 6.79. The zero-order valence-corrected chi connectivity index (χ0v) is 7.55. The topological polar surface area (TPSA) is 52.9 Å². The van der Waals surface area contributed by atoms with Crippen molar-refractivity contribution in [3.05, 3.63) is 30.3 Å². The Balaban J connectivity index is 2.29. The molecule has 0 bridgehead atoms. The fourth-order valence-electron chi connectivity index (χ4n) is 1.49. The minimum absolute atomic E-state index is 0.135. The maximum absolute atomic E-state index is 10.8. The molecule has 0 amide bonds. The smallest absolute Gasteiger partial charge is 0.371 e. The molecule has 2 rings (SSSR count). The Labute approximate surface area is 81.5 Å². The maximum Gasteiger partial charge on any atom is 0.371 e. The molecule has 0 radical (unpaired) electrons. The third kappa shape index (κ3) is 1.46. The normalized spacial score (nSPS) is 15.4. The van der Waals surface area contributed by atoms with Gasteiger partial charge >= 0.3 is 5.97 Å². The quantitative estimate of drug-likeness (QED) is 0.756. The zero-order valence-electron chi connectivity index (χ0n) is 7.55. The molecule has 1 aromatic carbocycles. The molecule has 0 aromatic heterocycles. The van der Waals surface area contributed by atoms with Gasteiger partial charge in [-0.2, -0.15) is 0 Å². The van der Waals surface area contributed by atoms with E-state index in [2.05, 4.69) is 4.99 Å². The number of amidine groups is 1. The third-order valence-corrected chi connectivity index (χ3v) is 2.10. The van der Waals surface area contributed by atoms with E-state index in [9.17, 15) is 4.79 Å². The lowest BCUT2D eigenvalue weighted by molar-refractivity contribution is -0.129. The van der Waals surface area contributed by atoms with Gasteiger partial charge in [0.25, 0.3) is 0 Å². The van der Waals surface area contributed by atoms with Crippen LogP contribution < -0.4 is 4.90 Å². The molecule has 0 unspecified atom stereocenters. The zero-order chi connectivity index (χ0) is 9.97. The van der Waals surface area contributed by atoms with Crippen molar-refractivity contribution in [3.8, 4) is 0 Å². The summed E-state index contributed by atoms with van der Waals surface area (Å²) in [5, 5.41) is 8.87. The average Bonchev–Trinajstić information content (AvgIpc) is 2.67. The Morgan fingerprint density at radius 1 is 1.36 bits per heavy atom. The molecule has 0 atom stereocenters. The number of aliphatic imine (C=N–C) groups is 1. The summed E-state index contributed by atoms with van der Waals surface area (Å²) in [6, 6.07) is 9.42. The number of nitrogens with zero attached hydrogens (tertiary/aromatic N) is 2. The van der Waals surface area contributed by atoms with Gasteiger partial charge in [0.2, 0.25) is 5.84 Å². The van der Waals surface area contributed by atoms with Gasteiger partial charge in [0.1, 0.15) is 0 Å². The Bertz CT molecular complexity index is 373. The second-order valence-electron chi connectivity index (χ2n) is 3.00. The molecule has 1 aromatic rings. The molecule has 0 fully saturated rings. The predicted octanol–water partition coefficient (Wildman–Crippen LogP) is 0.990. The monoisotopic (exact) mass is 190 g/mol. The third-order valence-electron chi connectivity index (χ3n) is 2.10. The Kier molecular flexibility index (Phi) is 2.18. The fraction of sp³-hybridized carbons (Fsp3) is 0.200. The van der Waals surface area contributed by atoms with Crippen molar-refractivity contribution in [3.63, 3.8) is 0 Å². The summed E-state index contributed by atoms with van der Waals surface area (Å²) >= 11 is 0. The van der Waals surface area contributed by atoms with Gasteiger partial charge in [-0.3, -0.25) is 4.99 Å². The lowest BCUT2D eigenvalue weighted by Crippen LogP contribution is -2.33. The predicted molar refractivity (Wildman–Crippen MR) is 53.7 cm³/mol. The van der Waals surface area contributed by atoms with Crippen LogP contribution in [0.5, 0.6) is 0 Å². The van der Waals surface area contributed by atoms with Crippen LogP contribution in [0, 0.1) is 0 Å². The van der Waals surface area contributed by atoms with Crippen LogP contribution in [0.1, 0.15) is 0 Å². The second kappa shape index (κ2) is 3.49. The number of hydrogen-bond acceptors (Lipinski definition) is 3. The standard InChI is InChI=1S/C10H10N2O2/c13-10(14)9-11-6-7-12(9)8-4-2-1-3-5-8/h1-5H,6-7H2,(H,13,14). The number of anilines is 1. The van der Waals surface area contributed by atoms with Crippen LogP contribution in [-0.4, -0.2) is 30.0 Å². The van der Waals surface area contributed by atoms with E-state index in [0.29, 0.717) is 13.1 Å². The molecule has 0 saturated carbocycles. The maximum atomic E-state index is 10.8. The summed E-state index contributed by atoms with van der Waals surface area (Å²) in [7, 11) is 0. The van der Waals surface area contributed by atoms with Gasteiger partial charge in [-0.25, -0.2) is 4.79 Å². The number of para-hydroxylation sites is 1. The van der Waals surface area contributed by atoms with Crippen molar-refractivity contribution in [2.45, 2.75) is 0 Å². The summed E-state index contributed by atoms with van der Waals surface area (Å²) in [4.78, 5) is 16.5. The Morgan fingerprint density at radius 2 is 2.07 bits per heavy atom. The highest BCUT2D eigenvalue weighted by Crippen LogP contribution is 2.16. The number of hydrogen-bond donors (Lipinski definition) is 1. The summed E-state index contributed by atoms with van der Waals surface area (Å²) in [5.74, 6) is -0.831. The highest BCUT2D eigenvalue weighted by molar-refractivity contribution is 6.40. The van der Waals surface area contributed by atoms with Crippen molar-refractivity contribution < 1.29 is 9.90 Å². The summed E-state index contributed by atoms with van der Waals surface area (Å²) in [6.07, 6.45) is 0. The highest BCUT2D eigenvalue weighted by atomic mass is 16.4. The van der Waals surface area contributed by atoms with Crippen LogP contribution >= 0.6 is 0 Å². The van der Waals surface area contributed by atoms with Crippen molar-refractivity contribution in [2.75, 3.05) is 18.0 Å². The minimum atomic E-state index is -0.966. The van der Waals surface area contributed by atoms with Crippen molar-refractivity contribution in [1.29, 1.82) is 0 Å². The van der Waals surface area contributed by atoms with E-state index in [1.165, 1.54) is 0 Å². The van der Waals surface area contributed by atoms with Gasteiger partial charge in [-0.05, 0) is 12.1 Å². The van der Waals surface area contributed by atoms with E-state index >= 15 is 0 Å². The lowest BCUT2D eigenvalue weighted by Gasteiger charge is -2.17. The molecular weight excluding hydrogens is 180 g/mol. The van der Waals surface area contributed by atoms with Crippen molar-refractivity contribution in [2.24, 2.45) is 4.99 Å². The van der Waals surface area contributed by atoms with Crippen LogP contribution in [0.25, 0.3) is 0 Å². The molecule has 1 aliphatic rings. The lowest BCUT2D eigenvalue weighted by atomic mass is 10.3. The fourth-order valence-corrected chi connectivity index (χ4v) is 1.49.